The Morgan fingerprint density at radius 1 is 1.19 bits per heavy atom. The van der Waals surface area contributed by atoms with Crippen LogP contribution < -0.4 is 15.6 Å². The van der Waals surface area contributed by atoms with Gasteiger partial charge in [0.1, 0.15) is 39.9 Å². The molecule has 2 aliphatic rings. The van der Waals surface area contributed by atoms with Crippen LogP contribution >= 0.6 is 0 Å². The molecule has 0 aliphatic heterocycles. The zero-order chi connectivity index (χ0) is 26.4. The fourth-order valence-electron chi connectivity index (χ4n) is 4.35. The molecule has 1 amide bonds. The van der Waals surface area contributed by atoms with Crippen LogP contribution in [0.5, 0.6) is 5.75 Å². The third-order valence-electron chi connectivity index (χ3n) is 6.90. The predicted molar refractivity (Wildman–Crippen MR) is 133 cm³/mol. The number of pyridine rings is 2. The number of nitriles is 2. The predicted octanol–water partition coefficient (Wildman–Crippen LogP) is 2.10. The van der Waals surface area contributed by atoms with E-state index < -0.39 is 26.1 Å². The molecule has 1 aromatic carbocycles. The smallest absolute Gasteiger partial charge is 0.263 e. The van der Waals surface area contributed by atoms with Crippen molar-refractivity contribution < 1.29 is 17.9 Å². The summed E-state index contributed by atoms with van der Waals surface area (Å²) in [7, 11) is -1.84. The van der Waals surface area contributed by atoms with Crippen LogP contribution in [0.1, 0.15) is 52.9 Å². The van der Waals surface area contributed by atoms with Gasteiger partial charge in [-0.05, 0) is 49.4 Å². The summed E-state index contributed by atoms with van der Waals surface area (Å²) < 4.78 is 32.0. The topological polar surface area (TPSA) is 155 Å². The number of ether oxygens (including phenoxy) is 1. The molecule has 0 saturated heterocycles. The first-order valence-corrected chi connectivity index (χ1v) is 13.3. The monoisotopic (exact) mass is 517 g/mol. The second kappa shape index (κ2) is 9.02. The van der Waals surface area contributed by atoms with Crippen LogP contribution in [-0.4, -0.2) is 40.5 Å². The van der Waals surface area contributed by atoms with E-state index >= 15 is 0 Å². The van der Waals surface area contributed by atoms with Gasteiger partial charge in [0.15, 0.2) is 9.84 Å². The lowest BCUT2D eigenvalue weighted by atomic mass is 10.1. The lowest BCUT2D eigenvalue weighted by Crippen LogP contribution is -2.34. The molecular weight excluding hydrogens is 494 g/mol. The highest BCUT2D eigenvalue weighted by atomic mass is 32.2. The molecule has 0 atom stereocenters. The number of rotatable bonds is 8. The van der Waals surface area contributed by atoms with E-state index in [2.05, 4.69) is 10.3 Å². The third-order valence-corrected chi connectivity index (χ3v) is 9.98. The minimum atomic E-state index is -3.31. The Morgan fingerprint density at radius 3 is 2.49 bits per heavy atom. The number of amides is 1. The van der Waals surface area contributed by atoms with E-state index in [9.17, 15) is 23.3 Å². The molecule has 2 aromatic heterocycles. The number of carbonyl (C=O) groups is 1. The Bertz CT molecular complexity index is 1670. The van der Waals surface area contributed by atoms with E-state index in [-0.39, 0.29) is 46.4 Å². The molecule has 2 saturated carbocycles. The van der Waals surface area contributed by atoms with Gasteiger partial charge in [-0.1, -0.05) is 12.1 Å². The normalized spacial score (nSPS) is 16.0. The van der Waals surface area contributed by atoms with Crippen LogP contribution in [0, 0.1) is 22.7 Å². The van der Waals surface area contributed by atoms with E-state index in [1.807, 2.05) is 12.1 Å². The van der Waals surface area contributed by atoms with Crippen LogP contribution in [0.2, 0.25) is 0 Å². The van der Waals surface area contributed by atoms with Gasteiger partial charge in [0.2, 0.25) is 0 Å². The van der Waals surface area contributed by atoms with Crippen molar-refractivity contribution in [1.29, 1.82) is 10.5 Å². The van der Waals surface area contributed by atoms with Crippen molar-refractivity contribution in [2.45, 2.75) is 42.2 Å². The first-order valence-electron chi connectivity index (χ1n) is 11.8. The average molecular weight is 518 g/mol. The Balaban J connectivity index is 1.44. The van der Waals surface area contributed by atoms with Gasteiger partial charge in [-0.25, -0.2) is 13.4 Å². The lowest BCUT2D eigenvalue weighted by Gasteiger charge is -2.19. The molecule has 2 heterocycles. The molecule has 37 heavy (non-hydrogen) atoms. The van der Waals surface area contributed by atoms with Gasteiger partial charge in [-0.3, -0.25) is 9.59 Å². The zero-order valence-corrected chi connectivity index (χ0v) is 20.8. The molecule has 3 aromatic rings. The molecular formula is C26H23N5O5S. The number of aromatic nitrogens is 2. The maximum Gasteiger partial charge on any atom is 0.263 e. The Labute approximate surface area is 213 Å². The zero-order valence-electron chi connectivity index (χ0n) is 20.0. The van der Waals surface area contributed by atoms with Crippen molar-refractivity contribution in [2.24, 2.45) is 7.05 Å². The van der Waals surface area contributed by atoms with Gasteiger partial charge in [-0.15, -0.1) is 0 Å². The summed E-state index contributed by atoms with van der Waals surface area (Å²) in [5, 5.41) is 20.8. The van der Waals surface area contributed by atoms with E-state index in [0.717, 1.165) is 5.56 Å². The first kappa shape index (κ1) is 24.5. The Hall–Kier alpha value is -4.22. The number of aryl methyl sites for hydroxylation is 1. The molecule has 11 heteroatoms. The quantitative estimate of drug-likeness (QED) is 0.476. The lowest BCUT2D eigenvalue weighted by molar-refractivity contribution is 0.0949. The van der Waals surface area contributed by atoms with Gasteiger partial charge < -0.3 is 14.6 Å². The second-order valence-corrected chi connectivity index (χ2v) is 12.1. The van der Waals surface area contributed by atoms with Gasteiger partial charge in [0.05, 0.1) is 22.4 Å². The Morgan fingerprint density at radius 2 is 1.89 bits per heavy atom. The summed E-state index contributed by atoms with van der Waals surface area (Å²) >= 11 is 0. The molecule has 2 aliphatic carbocycles. The van der Waals surface area contributed by atoms with Crippen LogP contribution in [0.15, 0.2) is 41.2 Å². The SMILES string of the molecule is Cn1c(=O)c(C(=O)NCc2ccc(C#N)cc2)cc2nc(C#N)cc(OCC3(S(=O)(=O)C4CC4)CC3)c21. The number of nitrogens with zero attached hydrogens (tertiary/aromatic N) is 4. The molecule has 10 nitrogen and oxygen atoms in total. The van der Waals surface area contributed by atoms with E-state index in [1.54, 1.807) is 24.3 Å². The first-order chi connectivity index (χ1) is 17.7. The average Bonchev–Trinajstić information content (AvgIpc) is 3.82. The van der Waals surface area contributed by atoms with E-state index in [0.29, 0.717) is 31.2 Å². The largest absolute Gasteiger partial charge is 0.490 e. The molecule has 0 unspecified atom stereocenters. The van der Waals surface area contributed by atoms with Crippen LogP contribution in [0.4, 0.5) is 0 Å². The van der Waals surface area contributed by atoms with Crippen molar-refractivity contribution in [2.75, 3.05) is 6.61 Å². The molecule has 0 radical (unpaired) electrons. The summed E-state index contributed by atoms with van der Waals surface area (Å²) in [5.74, 6) is -0.450. The fraction of sp³-hybridized carbons (Fsp3) is 0.346. The van der Waals surface area contributed by atoms with Gasteiger partial charge in [0.25, 0.3) is 11.5 Å². The number of benzene rings is 1. The summed E-state index contributed by atoms with van der Waals surface area (Å²) in [5.41, 5.74) is 0.983. The number of hydrogen-bond donors (Lipinski definition) is 1. The van der Waals surface area contributed by atoms with E-state index in [1.165, 1.54) is 23.7 Å². The summed E-state index contributed by atoms with van der Waals surface area (Å²) in [6.07, 6.45) is 2.38. The van der Waals surface area contributed by atoms with Crippen molar-refractivity contribution in [3.63, 3.8) is 0 Å². The number of nitrogens with one attached hydrogen (secondary N) is 1. The Kier molecular flexibility index (Phi) is 5.97. The third kappa shape index (κ3) is 4.43. The number of hydrogen-bond acceptors (Lipinski definition) is 8. The summed E-state index contributed by atoms with van der Waals surface area (Å²) in [4.78, 5) is 30.2. The standard InChI is InChI=1S/C26H23N5O5S/c1-31-23-21(11-20(25(31)33)24(32)29-14-17-4-2-16(12-27)3-5-17)30-18(13-28)10-22(23)36-15-26(8-9-26)37(34,35)19-6-7-19/h2-5,10-11,19H,6-9,14-15H2,1H3,(H,29,32). The van der Waals surface area contributed by atoms with Crippen LogP contribution in [0.3, 0.4) is 0 Å². The molecule has 2 fully saturated rings. The van der Waals surface area contributed by atoms with E-state index in [4.69, 9.17) is 10.00 Å². The second-order valence-electron chi connectivity index (χ2n) is 9.48. The number of fused-ring (bicyclic) bond motifs is 1. The van der Waals surface area contributed by atoms with Gasteiger partial charge in [0, 0.05) is 19.7 Å². The maximum atomic E-state index is 13.1. The highest BCUT2D eigenvalue weighted by Crippen LogP contribution is 2.50. The van der Waals surface area contributed by atoms with Crippen molar-refractivity contribution in [3.05, 3.63) is 69.1 Å². The van der Waals surface area contributed by atoms with Crippen molar-refractivity contribution >= 4 is 26.8 Å². The van der Waals surface area contributed by atoms with Gasteiger partial charge >= 0.3 is 0 Å². The van der Waals surface area contributed by atoms with Crippen molar-refractivity contribution in [3.8, 4) is 17.9 Å². The minimum absolute atomic E-state index is 0.0139. The van der Waals surface area contributed by atoms with Gasteiger partial charge in [-0.2, -0.15) is 10.5 Å². The highest BCUT2D eigenvalue weighted by Gasteiger charge is 2.60. The summed E-state index contributed by atoms with van der Waals surface area (Å²) in [6.45, 7) is 0.0696. The fourth-order valence-corrected chi connectivity index (χ4v) is 6.71. The number of sulfone groups is 1. The molecule has 5 rings (SSSR count). The van der Waals surface area contributed by atoms with Crippen LogP contribution in [-0.2, 0) is 23.4 Å². The maximum absolute atomic E-state index is 13.1. The van der Waals surface area contributed by atoms with Crippen molar-refractivity contribution in [1.82, 2.24) is 14.9 Å². The molecule has 1 N–H and O–H groups in total. The molecule has 0 spiro atoms. The summed E-state index contributed by atoms with van der Waals surface area (Å²) in [6, 6.07) is 13.3. The number of carbonyl (C=O) groups excluding carboxylic acids is 1. The minimum Gasteiger partial charge on any atom is -0.490 e. The molecule has 188 valence electrons. The van der Waals surface area contributed by atoms with Crippen LogP contribution in [0.25, 0.3) is 11.0 Å². The molecule has 0 bridgehead atoms. The highest BCUT2D eigenvalue weighted by molar-refractivity contribution is 7.94.